The summed E-state index contributed by atoms with van der Waals surface area (Å²) in [4.78, 5) is 12.5. The van der Waals surface area contributed by atoms with Crippen molar-refractivity contribution in [3.8, 4) is 0 Å². The first kappa shape index (κ1) is 13.1. The molecule has 2 unspecified atom stereocenters. The van der Waals surface area contributed by atoms with Gasteiger partial charge in [0.05, 0.1) is 0 Å². The normalized spacial score (nSPS) is 38.2. The first-order valence-electron chi connectivity index (χ1n) is 7.78. The highest BCUT2D eigenvalue weighted by Crippen LogP contribution is 2.39. The molecule has 2 atom stereocenters. The van der Waals surface area contributed by atoms with Gasteiger partial charge in [-0.05, 0) is 56.8 Å². The van der Waals surface area contributed by atoms with Crippen molar-refractivity contribution in [2.24, 2.45) is 23.7 Å². The van der Waals surface area contributed by atoms with E-state index in [0.717, 1.165) is 11.8 Å². The number of Topliss-reactive ketones (excluding diaryl/α,β-unsaturated/α-hetero) is 1. The van der Waals surface area contributed by atoms with Crippen molar-refractivity contribution >= 4 is 5.78 Å². The fraction of sp³-hybridized carbons (Fsp3) is 0.938. The van der Waals surface area contributed by atoms with Crippen LogP contribution in [-0.2, 0) is 4.79 Å². The van der Waals surface area contributed by atoms with Crippen LogP contribution in [0.1, 0.15) is 71.6 Å². The topological polar surface area (TPSA) is 17.1 Å². The Balaban J connectivity index is 1.81. The molecule has 0 heterocycles. The summed E-state index contributed by atoms with van der Waals surface area (Å²) in [6.45, 7) is 4.56. The molecule has 2 aliphatic rings. The maximum Gasteiger partial charge on any atom is 0.139 e. The zero-order valence-electron chi connectivity index (χ0n) is 11.6. The number of carbonyl (C=O) groups excluding carboxylic acids is 1. The zero-order chi connectivity index (χ0) is 12.3. The van der Waals surface area contributed by atoms with Crippen molar-refractivity contribution in [3.63, 3.8) is 0 Å². The van der Waals surface area contributed by atoms with Crippen LogP contribution in [0.5, 0.6) is 0 Å². The minimum Gasteiger partial charge on any atom is -0.299 e. The lowest BCUT2D eigenvalue weighted by Gasteiger charge is -2.28. The summed E-state index contributed by atoms with van der Waals surface area (Å²) >= 11 is 0. The molecule has 0 aliphatic heterocycles. The molecule has 0 aromatic heterocycles. The van der Waals surface area contributed by atoms with Crippen LogP contribution < -0.4 is 0 Å². The summed E-state index contributed by atoms with van der Waals surface area (Å²) in [6.07, 6.45) is 11.2. The van der Waals surface area contributed by atoms with Crippen molar-refractivity contribution in [3.05, 3.63) is 0 Å². The first-order chi connectivity index (χ1) is 8.24. The van der Waals surface area contributed by atoms with Crippen LogP contribution in [0.4, 0.5) is 0 Å². The maximum atomic E-state index is 12.5. The predicted molar refractivity (Wildman–Crippen MR) is 71.9 cm³/mol. The average Bonchev–Trinajstić information content (AvgIpc) is 2.87. The smallest absolute Gasteiger partial charge is 0.139 e. The van der Waals surface area contributed by atoms with Crippen LogP contribution in [0.2, 0.25) is 0 Å². The molecule has 0 aromatic carbocycles. The fourth-order valence-corrected chi connectivity index (χ4v) is 3.89. The van der Waals surface area contributed by atoms with E-state index in [0.29, 0.717) is 17.6 Å². The molecule has 1 nitrogen and oxygen atoms in total. The van der Waals surface area contributed by atoms with Crippen molar-refractivity contribution in [1.82, 2.24) is 0 Å². The van der Waals surface area contributed by atoms with Crippen molar-refractivity contribution in [2.75, 3.05) is 0 Å². The standard InChI is InChI=1S/C16H28O/c1-3-12-5-8-14(9-6-12)16(17)15-10-7-13(4-2)11-15/h12-15H,3-11H2,1-2H3. The SMILES string of the molecule is CCC1CCC(C(=O)C2CCC(CC)C2)CC1. The third-order valence-electron chi connectivity index (χ3n) is 5.35. The molecule has 2 rings (SSSR count). The molecule has 0 radical (unpaired) electrons. The second-order valence-corrected chi connectivity index (χ2v) is 6.31. The van der Waals surface area contributed by atoms with Crippen LogP contribution in [-0.4, -0.2) is 5.78 Å². The Bertz CT molecular complexity index is 250. The minimum absolute atomic E-state index is 0.429. The van der Waals surface area contributed by atoms with Crippen LogP contribution in [0.3, 0.4) is 0 Å². The lowest BCUT2D eigenvalue weighted by Crippen LogP contribution is -2.26. The van der Waals surface area contributed by atoms with E-state index < -0.39 is 0 Å². The van der Waals surface area contributed by atoms with Gasteiger partial charge >= 0.3 is 0 Å². The van der Waals surface area contributed by atoms with Crippen molar-refractivity contribution in [1.29, 1.82) is 0 Å². The van der Waals surface area contributed by atoms with E-state index >= 15 is 0 Å². The molecule has 0 aromatic rings. The monoisotopic (exact) mass is 236 g/mol. The van der Waals surface area contributed by atoms with E-state index in [1.807, 2.05) is 0 Å². The Labute approximate surface area is 106 Å². The minimum atomic E-state index is 0.429. The Hall–Kier alpha value is -0.330. The third-order valence-corrected chi connectivity index (χ3v) is 5.35. The number of carbonyl (C=O) groups is 1. The van der Waals surface area contributed by atoms with Crippen LogP contribution in [0.15, 0.2) is 0 Å². The van der Waals surface area contributed by atoms with Crippen LogP contribution in [0, 0.1) is 23.7 Å². The molecule has 0 N–H and O–H groups in total. The highest BCUT2D eigenvalue weighted by Gasteiger charge is 2.34. The number of hydrogen-bond donors (Lipinski definition) is 0. The molecule has 2 saturated carbocycles. The number of hydrogen-bond acceptors (Lipinski definition) is 1. The number of rotatable bonds is 4. The molecule has 0 bridgehead atoms. The van der Waals surface area contributed by atoms with Gasteiger partial charge in [0.25, 0.3) is 0 Å². The lowest BCUT2D eigenvalue weighted by molar-refractivity contribution is -0.128. The largest absolute Gasteiger partial charge is 0.299 e. The Morgan fingerprint density at radius 1 is 0.824 bits per heavy atom. The van der Waals surface area contributed by atoms with E-state index in [1.165, 1.54) is 57.8 Å². The molecule has 17 heavy (non-hydrogen) atoms. The summed E-state index contributed by atoms with van der Waals surface area (Å²) in [5.74, 6) is 3.25. The van der Waals surface area contributed by atoms with E-state index in [1.54, 1.807) is 0 Å². The third kappa shape index (κ3) is 3.11. The summed E-state index contributed by atoms with van der Waals surface area (Å²) in [7, 11) is 0. The van der Waals surface area contributed by atoms with Gasteiger partial charge in [0, 0.05) is 11.8 Å². The molecular formula is C16H28O. The molecule has 0 amide bonds. The first-order valence-corrected chi connectivity index (χ1v) is 7.78. The van der Waals surface area contributed by atoms with Gasteiger partial charge in [0.15, 0.2) is 0 Å². The molecule has 1 heteroatoms. The Morgan fingerprint density at radius 2 is 1.35 bits per heavy atom. The fourth-order valence-electron chi connectivity index (χ4n) is 3.89. The second-order valence-electron chi connectivity index (χ2n) is 6.31. The average molecular weight is 236 g/mol. The molecular weight excluding hydrogens is 208 g/mol. The van der Waals surface area contributed by atoms with Gasteiger partial charge < -0.3 is 0 Å². The zero-order valence-corrected chi connectivity index (χ0v) is 11.6. The number of ketones is 1. The summed E-state index contributed by atoms with van der Waals surface area (Å²) in [5.41, 5.74) is 0. The summed E-state index contributed by atoms with van der Waals surface area (Å²) in [5, 5.41) is 0. The summed E-state index contributed by atoms with van der Waals surface area (Å²) < 4.78 is 0. The van der Waals surface area contributed by atoms with Crippen LogP contribution in [0.25, 0.3) is 0 Å². The van der Waals surface area contributed by atoms with E-state index in [-0.39, 0.29) is 0 Å². The van der Waals surface area contributed by atoms with Gasteiger partial charge in [-0.15, -0.1) is 0 Å². The van der Waals surface area contributed by atoms with E-state index in [2.05, 4.69) is 13.8 Å². The van der Waals surface area contributed by atoms with E-state index in [4.69, 9.17) is 0 Å². The van der Waals surface area contributed by atoms with Crippen molar-refractivity contribution < 1.29 is 4.79 Å². The molecule has 98 valence electrons. The summed E-state index contributed by atoms with van der Waals surface area (Å²) in [6, 6.07) is 0. The second kappa shape index (κ2) is 6.02. The molecule has 0 spiro atoms. The van der Waals surface area contributed by atoms with Gasteiger partial charge in [0.1, 0.15) is 5.78 Å². The molecule has 2 fully saturated rings. The molecule has 2 aliphatic carbocycles. The van der Waals surface area contributed by atoms with Crippen molar-refractivity contribution in [2.45, 2.75) is 71.6 Å². The van der Waals surface area contributed by atoms with Gasteiger partial charge in [-0.3, -0.25) is 4.79 Å². The van der Waals surface area contributed by atoms with Gasteiger partial charge in [-0.1, -0.05) is 26.7 Å². The maximum absolute atomic E-state index is 12.5. The van der Waals surface area contributed by atoms with Crippen LogP contribution >= 0.6 is 0 Å². The van der Waals surface area contributed by atoms with Gasteiger partial charge in [0.2, 0.25) is 0 Å². The Kier molecular flexibility index (Phi) is 4.64. The molecule has 0 saturated heterocycles. The van der Waals surface area contributed by atoms with Gasteiger partial charge in [-0.25, -0.2) is 0 Å². The highest BCUT2D eigenvalue weighted by atomic mass is 16.1. The predicted octanol–water partition coefficient (Wildman–Crippen LogP) is 4.60. The van der Waals surface area contributed by atoms with E-state index in [9.17, 15) is 4.79 Å². The highest BCUT2D eigenvalue weighted by molar-refractivity contribution is 5.83. The lowest BCUT2D eigenvalue weighted by atomic mass is 9.76. The van der Waals surface area contributed by atoms with Gasteiger partial charge in [-0.2, -0.15) is 0 Å². The quantitative estimate of drug-likeness (QED) is 0.697. The Morgan fingerprint density at radius 3 is 1.88 bits per heavy atom.